The Balaban J connectivity index is 2.30. The summed E-state index contributed by atoms with van der Waals surface area (Å²) in [6.45, 7) is 4.99. The van der Waals surface area contributed by atoms with E-state index in [1.807, 2.05) is 26.0 Å². The Bertz CT molecular complexity index is 512. The fourth-order valence-electron chi connectivity index (χ4n) is 1.85. The van der Waals surface area contributed by atoms with Crippen molar-refractivity contribution < 1.29 is 14.4 Å². The largest absolute Gasteiger partial charge is 0.359 e. The molecule has 1 aromatic rings. The molecule has 0 bridgehead atoms. The van der Waals surface area contributed by atoms with Gasteiger partial charge in [-0.15, -0.1) is 0 Å². The molecule has 0 aliphatic heterocycles. The van der Waals surface area contributed by atoms with Gasteiger partial charge >= 0.3 is 0 Å². The second kappa shape index (κ2) is 8.89. The molecule has 0 fully saturated rings. The van der Waals surface area contributed by atoms with Crippen molar-refractivity contribution in [2.24, 2.45) is 0 Å². The van der Waals surface area contributed by atoms with E-state index in [0.717, 1.165) is 11.1 Å². The van der Waals surface area contributed by atoms with Crippen LogP contribution < -0.4 is 10.6 Å². The van der Waals surface area contributed by atoms with Crippen LogP contribution in [0.2, 0.25) is 0 Å². The minimum Gasteiger partial charge on any atom is -0.359 e. The van der Waals surface area contributed by atoms with Gasteiger partial charge in [0.1, 0.15) is 0 Å². The molecule has 21 heavy (non-hydrogen) atoms. The van der Waals surface area contributed by atoms with Gasteiger partial charge in [-0.2, -0.15) is 0 Å². The number of aryl methyl sites for hydroxylation is 2. The highest BCUT2D eigenvalue weighted by atomic mass is 16.2. The predicted molar refractivity (Wildman–Crippen MR) is 81.2 cm³/mol. The first-order chi connectivity index (χ1) is 10.0. The first-order valence-corrected chi connectivity index (χ1v) is 7.08. The fraction of sp³-hybridized carbons (Fsp3) is 0.438. The zero-order valence-electron chi connectivity index (χ0n) is 12.6. The van der Waals surface area contributed by atoms with Gasteiger partial charge in [0, 0.05) is 31.5 Å². The summed E-state index contributed by atoms with van der Waals surface area (Å²) in [6, 6.07) is 5.58. The van der Waals surface area contributed by atoms with E-state index in [9.17, 15) is 14.4 Å². The molecule has 5 nitrogen and oxygen atoms in total. The molecular weight excluding hydrogens is 268 g/mol. The topological polar surface area (TPSA) is 75.3 Å². The Kier molecular flexibility index (Phi) is 7.15. The maximum absolute atomic E-state index is 12.0. The van der Waals surface area contributed by atoms with Gasteiger partial charge in [0.15, 0.2) is 5.78 Å². The number of carbonyl (C=O) groups excluding carboxylic acids is 3. The molecule has 1 rings (SSSR count). The number of Topliss-reactive ketones (excluding diaryl/α,β-unsaturated/α-hetero) is 1. The molecule has 2 N–H and O–H groups in total. The second-order valence-corrected chi connectivity index (χ2v) is 5.00. The van der Waals surface area contributed by atoms with Crippen molar-refractivity contribution in [2.45, 2.75) is 33.1 Å². The number of nitrogens with one attached hydrogen (secondary N) is 2. The first kappa shape index (κ1) is 16.9. The van der Waals surface area contributed by atoms with Crippen LogP contribution in [0.25, 0.3) is 0 Å². The molecule has 1 aromatic carbocycles. The van der Waals surface area contributed by atoms with Crippen molar-refractivity contribution in [3.63, 3.8) is 0 Å². The average Bonchev–Trinajstić information content (AvgIpc) is 2.47. The van der Waals surface area contributed by atoms with Crippen molar-refractivity contribution in [2.75, 3.05) is 13.1 Å². The molecule has 0 heterocycles. The van der Waals surface area contributed by atoms with Crippen LogP contribution in [-0.4, -0.2) is 31.2 Å². The van der Waals surface area contributed by atoms with Gasteiger partial charge in [0.25, 0.3) is 0 Å². The SMILES string of the molecule is Cc1ccc(C(=O)CCC(=O)NCCCNC=O)cc1C. The molecular formula is C16H22N2O3. The molecule has 2 amide bonds. The van der Waals surface area contributed by atoms with Gasteiger partial charge in [-0.1, -0.05) is 12.1 Å². The molecule has 5 heteroatoms. The summed E-state index contributed by atoms with van der Waals surface area (Å²) in [5, 5.41) is 5.24. The Morgan fingerprint density at radius 2 is 1.86 bits per heavy atom. The van der Waals surface area contributed by atoms with Gasteiger partial charge in [0.05, 0.1) is 0 Å². The monoisotopic (exact) mass is 290 g/mol. The number of amides is 2. The average molecular weight is 290 g/mol. The standard InChI is InChI=1S/C16H22N2O3/c1-12-4-5-14(10-13(12)2)15(20)6-7-16(21)18-9-3-8-17-11-19/h4-5,10-11H,3,6-9H2,1-2H3,(H,17,19)(H,18,21). The van der Waals surface area contributed by atoms with Crippen LogP contribution in [0, 0.1) is 13.8 Å². The molecule has 0 saturated heterocycles. The summed E-state index contributed by atoms with van der Waals surface area (Å²) in [5.41, 5.74) is 2.88. The van der Waals surface area contributed by atoms with E-state index in [0.29, 0.717) is 31.5 Å². The van der Waals surface area contributed by atoms with E-state index in [2.05, 4.69) is 10.6 Å². The lowest BCUT2D eigenvalue weighted by atomic mass is 10.0. The van der Waals surface area contributed by atoms with Gasteiger partial charge in [-0.25, -0.2) is 0 Å². The van der Waals surface area contributed by atoms with Gasteiger partial charge in [-0.05, 0) is 37.5 Å². The van der Waals surface area contributed by atoms with Crippen molar-refractivity contribution in [3.05, 3.63) is 34.9 Å². The maximum atomic E-state index is 12.0. The fourth-order valence-corrected chi connectivity index (χ4v) is 1.85. The smallest absolute Gasteiger partial charge is 0.220 e. The van der Waals surface area contributed by atoms with E-state index >= 15 is 0 Å². The number of carbonyl (C=O) groups is 3. The van der Waals surface area contributed by atoms with E-state index < -0.39 is 0 Å². The minimum absolute atomic E-state index is 0.0177. The third-order valence-electron chi connectivity index (χ3n) is 3.31. The van der Waals surface area contributed by atoms with E-state index in [1.54, 1.807) is 6.07 Å². The van der Waals surface area contributed by atoms with Crippen LogP contribution in [0.15, 0.2) is 18.2 Å². The number of ketones is 1. The Morgan fingerprint density at radius 3 is 2.52 bits per heavy atom. The third kappa shape index (κ3) is 6.21. The molecule has 0 atom stereocenters. The van der Waals surface area contributed by atoms with Crippen LogP contribution in [0.3, 0.4) is 0 Å². The van der Waals surface area contributed by atoms with Crippen LogP contribution in [0.1, 0.15) is 40.7 Å². The molecule has 0 saturated carbocycles. The molecule has 0 radical (unpaired) electrons. The lowest BCUT2D eigenvalue weighted by molar-refractivity contribution is -0.121. The molecule has 0 unspecified atom stereocenters. The van der Waals surface area contributed by atoms with E-state index in [-0.39, 0.29) is 24.5 Å². The normalized spacial score (nSPS) is 10.0. The van der Waals surface area contributed by atoms with Crippen LogP contribution in [0.5, 0.6) is 0 Å². The quantitative estimate of drug-likeness (QED) is 0.411. The van der Waals surface area contributed by atoms with Crippen LogP contribution in [-0.2, 0) is 9.59 Å². The van der Waals surface area contributed by atoms with Gasteiger partial charge in [-0.3, -0.25) is 14.4 Å². The first-order valence-electron chi connectivity index (χ1n) is 7.08. The lowest BCUT2D eigenvalue weighted by Gasteiger charge is -2.06. The highest BCUT2D eigenvalue weighted by molar-refractivity contribution is 5.98. The summed E-state index contributed by atoms with van der Waals surface area (Å²) in [5.74, 6) is -0.158. The summed E-state index contributed by atoms with van der Waals surface area (Å²) < 4.78 is 0. The Labute approximate surface area is 125 Å². The minimum atomic E-state index is -0.140. The Morgan fingerprint density at radius 1 is 1.10 bits per heavy atom. The van der Waals surface area contributed by atoms with Crippen molar-refractivity contribution in [3.8, 4) is 0 Å². The number of hydrogen-bond acceptors (Lipinski definition) is 3. The molecule has 0 spiro atoms. The highest BCUT2D eigenvalue weighted by Gasteiger charge is 2.09. The predicted octanol–water partition coefficient (Wildman–Crippen LogP) is 1.52. The maximum Gasteiger partial charge on any atom is 0.220 e. The molecule has 0 aliphatic carbocycles. The van der Waals surface area contributed by atoms with Crippen LogP contribution >= 0.6 is 0 Å². The zero-order valence-corrected chi connectivity index (χ0v) is 12.6. The molecule has 0 aliphatic rings. The van der Waals surface area contributed by atoms with Crippen molar-refractivity contribution in [1.82, 2.24) is 10.6 Å². The van der Waals surface area contributed by atoms with E-state index in [1.165, 1.54) is 0 Å². The summed E-state index contributed by atoms with van der Waals surface area (Å²) in [4.78, 5) is 33.6. The summed E-state index contributed by atoms with van der Waals surface area (Å²) in [6.07, 6.45) is 1.70. The Hall–Kier alpha value is -2.17. The molecule has 0 aromatic heterocycles. The molecule has 114 valence electrons. The number of hydrogen-bond donors (Lipinski definition) is 2. The third-order valence-corrected chi connectivity index (χ3v) is 3.31. The van der Waals surface area contributed by atoms with E-state index in [4.69, 9.17) is 0 Å². The summed E-state index contributed by atoms with van der Waals surface area (Å²) >= 11 is 0. The number of benzene rings is 1. The number of rotatable bonds is 9. The van der Waals surface area contributed by atoms with Gasteiger partial charge in [0.2, 0.25) is 12.3 Å². The highest BCUT2D eigenvalue weighted by Crippen LogP contribution is 2.12. The second-order valence-electron chi connectivity index (χ2n) is 5.00. The zero-order chi connectivity index (χ0) is 15.7. The van der Waals surface area contributed by atoms with Crippen molar-refractivity contribution >= 4 is 18.1 Å². The van der Waals surface area contributed by atoms with Crippen molar-refractivity contribution in [1.29, 1.82) is 0 Å². The summed E-state index contributed by atoms with van der Waals surface area (Å²) in [7, 11) is 0. The lowest BCUT2D eigenvalue weighted by Crippen LogP contribution is -2.27. The van der Waals surface area contributed by atoms with Crippen LogP contribution in [0.4, 0.5) is 0 Å². The van der Waals surface area contributed by atoms with Gasteiger partial charge < -0.3 is 10.6 Å².